The van der Waals surface area contributed by atoms with E-state index in [-0.39, 0.29) is 0 Å². The van der Waals surface area contributed by atoms with E-state index < -0.39 is 24.3 Å². The largest absolute Gasteiger partial charge is 0.490 e. The second-order valence-electron chi connectivity index (χ2n) is 7.87. The number of carbonyl (C=O) groups is 2. The number of hydrogen-bond donors (Lipinski definition) is 2. The molecule has 3 rings (SSSR count). The molecule has 0 aromatic carbocycles. The number of furan rings is 1. The molecule has 0 amide bonds. The zero-order valence-corrected chi connectivity index (χ0v) is 17.9. The highest BCUT2D eigenvalue weighted by molar-refractivity contribution is 5.73. The standard InChI is InChI=1S/C15H24N2O2.2C2HF3O2/c1-12(2)5-17-14-7-16(6-13-3-4-18-9-13)8-15(17)11-19-10-14;2*3-2(4,5)1(6)7/h3-4,9,12,14-15H,5-8,10-11H2,1-2H3;2*(H,6,7). The van der Waals surface area contributed by atoms with Crippen LogP contribution in [0.4, 0.5) is 26.3 Å². The summed E-state index contributed by atoms with van der Waals surface area (Å²) in [6.07, 6.45) is -6.55. The number of ether oxygens (including phenoxy) is 1. The van der Waals surface area contributed by atoms with Crippen molar-refractivity contribution in [2.45, 2.75) is 44.8 Å². The van der Waals surface area contributed by atoms with E-state index in [9.17, 15) is 26.3 Å². The molecule has 2 aliphatic rings. The quantitative estimate of drug-likeness (QED) is 0.619. The highest BCUT2D eigenvalue weighted by atomic mass is 19.4. The number of hydrogen-bond acceptors (Lipinski definition) is 6. The summed E-state index contributed by atoms with van der Waals surface area (Å²) in [4.78, 5) is 23.0. The number of aliphatic carboxylic acids is 2. The number of alkyl halides is 6. The molecule has 2 bridgehead atoms. The predicted molar refractivity (Wildman–Crippen MR) is 101 cm³/mol. The van der Waals surface area contributed by atoms with E-state index in [2.05, 4.69) is 29.7 Å². The van der Waals surface area contributed by atoms with Crippen molar-refractivity contribution in [2.24, 2.45) is 5.92 Å². The van der Waals surface area contributed by atoms with Gasteiger partial charge in [0.1, 0.15) is 0 Å². The van der Waals surface area contributed by atoms with E-state index in [1.54, 1.807) is 6.26 Å². The first-order chi connectivity index (χ1) is 15.1. The van der Waals surface area contributed by atoms with Gasteiger partial charge in [0.25, 0.3) is 0 Å². The Bertz CT molecular complexity index is 700. The summed E-state index contributed by atoms with van der Waals surface area (Å²) in [6.45, 7) is 10.8. The van der Waals surface area contributed by atoms with Gasteiger partial charge in [-0.2, -0.15) is 26.3 Å². The monoisotopic (exact) mass is 492 g/mol. The first-order valence-corrected chi connectivity index (χ1v) is 9.78. The van der Waals surface area contributed by atoms with E-state index in [0.717, 1.165) is 38.8 Å². The third kappa shape index (κ3) is 10.4. The van der Waals surface area contributed by atoms with Gasteiger partial charge in [-0.05, 0) is 12.0 Å². The fourth-order valence-electron chi connectivity index (χ4n) is 3.31. The number of morpholine rings is 1. The Hall–Kier alpha value is -2.32. The van der Waals surface area contributed by atoms with Crippen LogP contribution in [0.15, 0.2) is 23.0 Å². The highest BCUT2D eigenvalue weighted by Crippen LogP contribution is 2.24. The van der Waals surface area contributed by atoms with Gasteiger partial charge in [-0.15, -0.1) is 0 Å². The lowest BCUT2D eigenvalue weighted by Crippen LogP contribution is -2.64. The summed E-state index contributed by atoms with van der Waals surface area (Å²) in [5.41, 5.74) is 1.27. The maximum atomic E-state index is 10.6. The molecule has 33 heavy (non-hydrogen) atoms. The van der Waals surface area contributed by atoms with Gasteiger partial charge in [-0.25, -0.2) is 9.59 Å². The van der Waals surface area contributed by atoms with Gasteiger partial charge in [-0.1, -0.05) is 13.8 Å². The summed E-state index contributed by atoms with van der Waals surface area (Å²) in [6, 6.07) is 3.18. The lowest BCUT2D eigenvalue weighted by Gasteiger charge is -2.50. The van der Waals surface area contributed by atoms with Gasteiger partial charge < -0.3 is 19.4 Å². The van der Waals surface area contributed by atoms with E-state index >= 15 is 0 Å². The van der Waals surface area contributed by atoms with Crippen molar-refractivity contribution >= 4 is 11.9 Å². The van der Waals surface area contributed by atoms with Gasteiger partial charge in [0.15, 0.2) is 0 Å². The maximum Gasteiger partial charge on any atom is 0.490 e. The Morgan fingerprint density at radius 1 is 1.03 bits per heavy atom. The van der Waals surface area contributed by atoms with Crippen molar-refractivity contribution in [3.63, 3.8) is 0 Å². The van der Waals surface area contributed by atoms with Crippen LogP contribution < -0.4 is 0 Å². The van der Waals surface area contributed by atoms with Crippen molar-refractivity contribution in [1.29, 1.82) is 0 Å². The van der Waals surface area contributed by atoms with Crippen molar-refractivity contribution in [2.75, 3.05) is 32.8 Å². The van der Waals surface area contributed by atoms with Crippen LogP contribution in [-0.4, -0.2) is 89.2 Å². The minimum Gasteiger partial charge on any atom is -0.475 e. The summed E-state index contributed by atoms with van der Waals surface area (Å²) >= 11 is 0. The zero-order valence-electron chi connectivity index (χ0n) is 17.9. The minimum atomic E-state index is -5.08. The Labute approximate surface area is 185 Å². The maximum absolute atomic E-state index is 10.6. The number of halogens is 6. The molecular formula is C19H26F6N2O6. The van der Waals surface area contributed by atoms with Crippen LogP contribution in [0.25, 0.3) is 0 Å². The fourth-order valence-corrected chi connectivity index (χ4v) is 3.31. The predicted octanol–water partition coefficient (Wildman–Crippen LogP) is 3.09. The van der Waals surface area contributed by atoms with E-state index in [4.69, 9.17) is 29.0 Å². The van der Waals surface area contributed by atoms with Crippen LogP contribution in [0.1, 0.15) is 19.4 Å². The number of carboxylic acids is 2. The number of nitrogens with zero attached hydrogens (tertiary/aromatic N) is 2. The SMILES string of the molecule is CC(C)CN1C2COCC1CN(Cc1ccoc1)C2.O=C(O)C(F)(F)F.O=C(O)C(F)(F)F. The first-order valence-electron chi connectivity index (χ1n) is 9.78. The molecule has 2 fully saturated rings. The molecule has 3 heterocycles. The van der Waals surface area contributed by atoms with Crippen LogP contribution in [0.3, 0.4) is 0 Å². The van der Waals surface area contributed by atoms with Crippen LogP contribution in [0.2, 0.25) is 0 Å². The summed E-state index contributed by atoms with van der Waals surface area (Å²) in [5, 5.41) is 14.2. The molecule has 14 heteroatoms. The van der Waals surface area contributed by atoms with Crippen molar-refractivity contribution in [3.8, 4) is 0 Å². The lowest BCUT2D eigenvalue weighted by atomic mass is 10.0. The van der Waals surface area contributed by atoms with Crippen molar-refractivity contribution < 1.29 is 55.3 Å². The van der Waals surface area contributed by atoms with Crippen molar-refractivity contribution in [1.82, 2.24) is 9.80 Å². The summed E-state index contributed by atoms with van der Waals surface area (Å²) in [5.74, 6) is -4.79. The van der Waals surface area contributed by atoms with Crippen LogP contribution in [-0.2, 0) is 20.9 Å². The lowest BCUT2D eigenvalue weighted by molar-refractivity contribution is -0.193. The average molecular weight is 492 g/mol. The molecule has 0 spiro atoms. The number of carboxylic acid groups (broad SMARTS) is 2. The van der Waals surface area contributed by atoms with Gasteiger partial charge in [0, 0.05) is 43.8 Å². The number of fused-ring (bicyclic) bond motifs is 2. The second kappa shape index (κ2) is 12.2. The molecule has 8 nitrogen and oxygen atoms in total. The number of piperazine rings is 1. The molecule has 2 atom stereocenters. The smallest absolute Gasteiger partial charge is 0.475 e. The topological polar surface area (TPSA) is 103 Å². The molecule has 2 unspecified atom stereocenters. The van der Waals surface area contributed by atoms with Gasteiger partial charge >= 0.3 is 24.3 Å². The van der Waals surface area contributed by atoms with Gasteiger partial charge in [0.05, 0.1) is 25.7 Å². The first kappa shape index (κ1) is 28.7. The summed E-state index contributed by atoms with van der Waals surface area (Å²) in [7, 11) is 0. The third-order valence-corrected chi connectivity index (χ3v) is 4.54. The average Bonchev–Trinajstić information content (AvgIpc) is 3.14. The van der Waals surface area contributed by atoms with Crippen LogP contribution in [0, 0.1) is 5.92 Å². The molecule has 2 aliphatic heterocycles. The van der Waals surface area contributed by atoms with Gasteiger partial charge in [0.2, 0.25) is 0 Å². The third-order valence-electron chi connectivity index (χ3n) is 4.54. The van der Waals surface area contributed by atoms with Crippen LogP contribution >= 0.6 is 0 Å². The van der Waals surface area contributed by atoms with E-state index in [0.29, 0.717) is 12.1 Å². The van der Waals surface area contributed by atoms with Crippen molar-refractivity contribution in [3.05, 3.63) is 24.2 Å². The van der Waals surface area contributed by atoms with Crippen LogP contribution in [0.5, 0.6) is 0 Å². The zero-order chi connectivity index (χ0) is 25.4. The Kier molecular flexibility index (Phi) is 10.6. The van der Waals surface area contributed by atoms with E-state index in [1.165, 1.54) is 12.1 Å². The molecule has 1 aromatic heterocycles. The molecule has 0 aliphatic carbocycles. The number of rotatable bonds is 4. The van der Waals surface area contributed by atoms with Gasteiger partial charge in [-0.3, -0.25) is 9.80 Å². The Morgan fingerprint density at radius 3 is 1.82 bits per heavy atom. The minimum absolute atomic E-state index is 0.557. The normalized spacial score (nSPS) is 21.5. The second-order valence-corrected chi connectivity index (χ2v) is 7.87. The summed E-state index contributed by atoms with van der Waals surface area (Å²) < 4.78 is 74.4. The molecule has 1 aromatic rings. The highest BCUT2D eigenvalue weighted by Gasteiger charge is 2.39. The molecular weight excluding hydrogens is 466 g/mol. The Morgan fingerprint density at radius 2 is 1.48 bits per heavy atom. The molecule has 2 saturated heterocycles. The Balaban J connectivity index is 0.000000324. The molecule has 0 saturated carbocycles. The van der Waals surface area contributed by atoms with E-state index in [1.807, 2.05) is 6.26 Å². The molecule has 190 valence electrons. The fraction of sp³-hybridized carbons (Fsp3) is 0.684. The molecule has 2 N–H and O–H groups in total. The molecule has 0 radical (unpaired) electrons.